The monoisotopic (exact) mass is 390 g/mol. The summed E-state index contributed by atoms with van der Waals surface area (Å²) < 4.78 is 6.14. The summed E-state index contributed by atoms with van der Waals surface area (Å²) in [7, 11) is 3.47. The van der Waals surface area contributed by atoms with Gasteiger partial charge in [0.15, 0.2) is 0 Å². The molecule has 154 valence electrons. The zero-order valence-corrected chi connectivity index (χ0v) is 17.4. The number of likely N-dealkylation sites (N-methyl/N-ethyl adjacent to an activating group) is 1. The van der Waals surface area contributed by atoms with Crippen LogP contribution in [0, 0.1) is 5.92 Å². The van der Waals surface area contributed by atoms with Crippen molar-refractivity contribution in [2.45, 2.75) is 39.8 Å². The van der Waals surface area contributed by atoms with E-state index in [2.05, 4.69) is 10.6 Å². The van der Waals surface area contributed by atoms with Gasteiger partial charge in [0.25, 0.3) is 5.91 Å². The van der Waals surface area contributed by atoms with Gasteiger partial charge in [-0.2, -0.15) is 0 Å². The Hall–Kier alpha value is -2.77. The molecule has 0 saturated heterocycles. The number of nitrogens with one attached hydrogen (secondary N) is 2. The van der Waals surface area contributed by atoms with Crippen molar-refractivity contribution in [1.82, 2.24) is 15.1 Å². The van der Waals surface area contributed by atoms with Gasteiger partial charge in [0, 0.05) is 45.2 Å². The van der Waals surface area contributed by atoms with Gasteiger partial charge in [-0.25, -0.2) is 4.79 Å². The number of urea groups is 1. The fourth-order valence-corrected chi connectivity index (χ4v) is 3.04. The lowest BCUT2D eigenvalue weighted by atomic mass is 10.0. The van der Waals surface area contributed by atoms with Crippen molar-refractivity contribution in [1.29, 1.82) is 0 Å². The van der Waals surface area contributed by atoms with Gasteiger partial charge >= 0.3 is 6.03 Å². The first kappa shape index (κ1) is 21.5. The Bertz CT molecular complexity index is 750. The standard InChI is InChI=1S/C20H30N4O4/c1-12(2)21-20(27)22-15-7-8-17-16(9-15)19(26)24(6)10-13(3)18(28-17)11-23(5)14(4)25/h7-9,12-13,18H,10-11H2,1-6H3,(H2,21,22,27)/t13-,18+/m1/s1. The van der Waals surface area contributed by atoms with Gasteiger partial charge in [0.1, 0.15) is 11.9 Å². The second kappa shape index (κ2) is 8.95. The van der Waals surface area contributed by atoms with E-state index in [0.717, 1.165) is 0 Å². The second-order valence-corrected chi connectivity index (χ2v) is 7.68. The Morgan fingerprint density at radius 1 is 1.36 bits per heavy atom. The van der Waals surface area contributed by atoms with Gasteiger partial charge in [0.2, 0.25) is 5.91 Å². The maximum absolute atomic E-state index is 12.8. The number of hydrogen-bond acceptors (Lipinski definition) is 4. The number of anilines is 1. The third-order valence-electron chi connectivity index (χ3n) is 4.70. The minimum absolute atomic E-state index is 0.000879. The molecule has 0 unspecified atom stereocenters. The quantitative estimate of drug-likeness (QED) is 0.824. The van der Waals surface area contributed by atoms with Crippen LogP contribution in [0.5, 0.6) is 5.75 Å². The van der Waals surface area contributed by atoms with Crippen LogP contribution in [-0.2, 0) is 4.79 Å². The van der Waals surface area contributed by atoms with E-state index >= 15 is 0 Å². The first-order chi connectivity index (χ1) is 13.1. The Kier molecular flexibility index (Phi) is 6.88. The maximum Gasteiger partial charge on any atom is 0.319 e. The zero-order chi connectivity index (χ0) is 21.0. The molecule has 0 bridgehead atoms. The molecule has 8 heteroatoms. The van der Waals surface area contributed by atoms with Crippen molar-refractivity contribution in [2.24, 2.45) is 5.92 Å². The van der Waals surface area contributed by atoms with E-state index in [1.165, 1.54) is 6.92 Å². The molecule has 1 aliphatic rings. The minimum Gasteiger partial charge on any atom is -0.487 e. The van der Waals surface area contributed by atoms with Crippen molar-refractivity contribution < 1.29 is 19.1 Å². The molecule has 2 atom stereocenters. The summed E-state index contributed by atoms with van der Waals surface area (Å²) in [6, 6.07) is 4.67. The Morgan fingerprint density at radius 2 is 2.04 bits per heavy atom. The zero-order valence-electron chi connectivity index (χ0n) is 17.4. The fourth-order valence-electron chi connectivity index (χ4n) is 3.04. The normalized spacial score (nSPS) is 19.2. The van der Waals surface area contributed by atoms with E-state index in [9.17, 15) is 14.4 Å². The van der Waals surface area contributed by atoms with Crippen molar-refractivity contribution in [3.8, 4) is 5.75 Å². The van der Waals surface area contributed by atoms with E-state index < -0.39 is 0 Å². The number of nitrogens with zero attached hydrogens (tertiary/aromatic N) is 2. The van der Waals surface area contributed by atoms with Crippen LogP contribution in [0.15, 0.2) is 18.2 Å². The Labute approximate surface area is 166 Å². The third kappa shape index (κ3) is 5.37. The number of benzene rings is 1. The molecule has 0 radical (unpaired) electrons. The van der Waals surface area contributed by atoms with E-state index in [0.29, 0.717) is 30.1 Å². The molecule has 0 aliphatic carbocycles. The highest BCUT2D eigenvalue weighted by Gasteiger charge is 2.30. The van der Waals surface area contributed by atoms with Crippen LogP contribution in [0.1, 0.15) is 38.1 Å². The topological polar surface area (TPSA) is 91.0 Å². The summed E-state index contributed by atoms with van der Waals surface area (Å²) in [6.45, 7) is 8.17. The fraction of sp³-hybridized carbons (Fsp3) is 0.550. The predicted octanol–water partition coefficient (Wildman–Crippen LogP) is 2.16. The molecule has 0 aromatic heterocycles. The highest BCUT2D eigenvalue weighted by atomic mass is 16.5. The van der Waals surface area contributed by atoms with Crippen LogP contribution >= 0.6 is 0 Å². The van der Waals surface area contributed by atoms with Crippen LogP contribution in [0.2, 0.25) is 0 Å². The first-order valence-corrected chi connectivity index (χ1v) is 9.43. The van der Waals surface area contributed by atoms with E-state index in [4.69, 9.17) is 4.74 Å². The molecule has 4 amide bonds. The van der Waals surface area contributed by atoms with Crippen LogP contribution in [0.25, 0.3) is 0 Å². The van der Waals surface area contributed by atoms with Gasteiger partial charge in [-0.05, 0) is 32.0 Å². The molecular weight excluding hydrogens is 360 g/mol. The lowest BCUT2D eigenvalue weighted by Crippen LogP contribution is -2.45. The van der Waals surface area contributed by atoms with Crippen LogP contribution < -0.4 is 15.4 Å². The molecule has 1 heterocycles. The molecule has 0 spiro atoms. The minimum atomic E-state index is -0.336. The SMILES string of the molecule is CC(=O)N(C)C[C@@H]1Oc2ccc(NC(=O)NC(C)C)cc2C(=O)N(C)C[C@H]1C. The summed E-state index contributed by atoms with van der Waals surface area (Å²) >= 11 is 0. The van der Waals surface area contributed by atoms with Crippen molar-refractivity contribution in [3.05, 3.63) is 23.8 Å². The van der Waals surface area contributed by atoms with Gasteiger partial charge in [-0.3, -0.25) is 9.59 Å². The van der Waals surface area contributed by atoms with E-state index in [1.807, 2.05) is 20.8 Å². The lowest BCUT2D eigenvalue weighted by molar-refractivity contribution is -0.129. The molecule has 28 heavy (non-hydrogen) atoms. The number of fused-ring (bicyclic) bond motifs is 1. The van der Waals surface area contributed by atoms with Crippen molar-refractivity contribution in [2.75, 3.05) is 32.5 Å². The second-order valence-electron chi connectivity index (χ2n) is 7.68. The largest absolute Gasteiger partial charge is 0.487 e. The molecule has 1 aliphatic heterocycles. The van der Waals surface area contributed by atoms with E-state index in [-0.39, 0.29) is 35.9 Å². The van der Waals surface area contributed by atoms with Crippen LogP contribution in [-0.4, -0.2) is 67.0 Å². The van der Waals surface area contributed by atoms with Gasteiger partial charge < -0.3 is 25.2 Å². The number of ether oxygens (including phenoxy) is 1. The molecule has 1 aromatic rings. The lowest BCUT2D eigenvalue weighted by Gasteiger charge is -2.34. The summed E-state index contributed by atoms with van der Waals surface area (Å²) in [4.78, 5) is 39.7. The highest BCUT2D eigenvalue weighted by Crippen LogP contribution is 2.29. The number of hydrogen-bond donors (Lipinski definition) is 2. The van der Waals surface area contributed by atoms with Gasteiger partial charge in [0.05, 0.1) is 12.1 Å². The summed E-state index contributed by atoms with van der Waals surface area (Å²) in [6.07, 6.45) is -0.258. The predicted molar refractivity (Wildman–Crippen MR) is 108 cm³/mol. The average Bonchev–Trinajstić information content (AvgIpc) is 2.59. The van der Waals surface area contributed by atoms with Crippen LogP contribution in [0.4, 0.5) is 10.5 Å². The van der Waals surface area contributed by atoms with Gasteiger partial charge in [-0.15, -0.1) is 0 Å². The smallest absolute Gasteiger partial charge is 0.319 e. The average molecular weight is 390 g/mol. The molecule has 0 saturated carbocycles. The summed E-state index contributed by atoms with van der Waals surface area (Å²) in [5.74, 6) is 0.269. The number of amides is 4. The van der Waals surface area contributed by atoms with Crippen LogP contribution in [0.3, 0.4) is 0 Å². The van der Waals surface area contributed by atoms with Gasteiger partial charge in [-0.1, -0.05) is 6.92 Å². The van der Waals surface area contributed by atoms with Crippen molar-refractivity contribution >= 4 is 23.5 Å². The summed E-state index contributed by atoms with van der Waals surface area (Å²) in [5.41, 5.74) is 0.889. The molecule has 2 N–H and O–H groups in total. The molecule has 0 fully saturated rings. The third-order valence-corrected chi connectivity index (χ3v) is 4.70. The Balaban J connectivity index is 2.30. The number of rotatable bonds is 4. The maximum atomic E-state index is 12.8. The molecule has 1 aromatic carbocycles. The molecule has 8 nitrogen and oxygen atoms in total. The highest BCUT2D eigenvalue weighted by molar-refractivity contribution is 5.99. The summed E-state index contributed by atoms with van der Waals surface area (Å²) in [5, 5.41) is 5.48. The number of carbonyl (C=O) groups is 3. The van der Waals surface area contributed by atoms with E-state index in [1.54, 1.807) is 42.1 Å². The Morgan fingerprint density at radius 3 is 2.64 bits per heavy atom. The molecule has 2 rings (SSSR count). The number of carbonyl (C=O) groups excluding carboxylic acids is 3. The first-order valence-electron chi connectivity index (χ1n) is 9.43. The van der Waals surface area contributed by atoms with Crippen molar-refractivity contribution in [3.63, 3.8) is 0 Å². The molecular formula is C20H30N4O4.